The molecule has 0 atom stereocenters. The summed E-state index contributed by atoms with van der Waals surface area (Å²) in [7, 11) is 3.80. The van der Waals surface area contributed by atoms with E-state index in [0.29, 0.717) is 36.9 Å². The first kappa shape index (κ1) is 29.3. The van der Waals surface area contributed by atoms with Gasteiger partial charge in [-0.05, 0) is 83.6 Å². The molecule has 1 fully saturated rings. The van der Waals surface area contributed by atoms with Crippen LogP contribution in [-0.4, -0.2) is 61.2 Å². The average molecular weight is 580 g/mol. The number of thiazole rings is 1. The van der Waals surface area contributed by atoms with Crippen LogP contribution < -0.4 is 14.8 Å². The molecule has 5 rings (SSSR count). The molecule has 41 heavy (non-hydrogen) atoms. The third-order valence-corrected chi connectivity index (χ3v) is 9.01. The van der Waals surface area contributed by atoms with E-state index in [2.05, 4.69) is 17.3 Å². The second-order valence-electron chi connectivity index (χ2n) is 12.5. The van der Waals surface area contributed by atoms with Crippen molar-refractivity contribution in [1.29, 1.82) is 0 Å². The van der Waals surface area contributed by atoms with Gasteiger partial charge in [-0.1, -0.05) is 24.3 Å². The van der Waals surface area contributed by atoms with Gasteiger partial charge in [0.25, 0.3) is 0 Å². The number of nitrogens with one attached hydrogen (secondary N) is 1. The minimum Gasteiger partial charge on any atom is -0.493 e. The van der Waals surface area contributed by atoms with Crippen molar-refractivity contribution in [2.45, 2.75) is 65.0 Å². The first-order chi connectivity index (χ1) is 19.5. The number of likely N-dealkylation sites (tertiary alicyclic amines) is 1. The van der Waals surface area contributed by atoms with Crippen LogP contribution in [-0.2, 0) is 33.7 Å². The van der Waals surface area contributed by atoms with Crippen molar-refractivity contribution in [2.75, 3.05) is 33.9 Å². The third-order valence-electron chi connectivity index (χ3n) is 7.99. The summed E-state index contributed by atoms with van der Waals surface area (Å²) in [6, 6.07) is 11.9. The molecule has 0 spiro atoms. The van der Waals surface area contributed by atoms with Crippen molar-refractivity contribution in [1.82, 2.24) is 15.2 Å². The molecule has 1 N–H and O–H groups in total. The maximum absolute atomic E-state index is 13.8. The van der Waals surface area contributed by atoms with E-state index in [9.17, 15) is 9.59 Å². The van der Waals surface area contributed by atoms with Crippen LogP contribution in [0.3, 0.4) is 0 Å². The SMILES string of the molecule is COc1cc2sc(CNC(=O)C3(CC(=O)OC(C)(C)C)Cc4ccccc4C3)nc2cc1OCC1CCN(C)CC1. The molecule has 2 heterocycles. The van der Waals surface area contributed by atoms with Gasteiger partial charge in [0.05, 0.1) is 42.3 Å². The molecule has 220 valence electrons. The molecule has 0 radical (unpaired) electrons. The van der Waals surface area contributed by atoms with Crippen LogP contribution in [0.4, 0.5) is 0 Å². The van der Waals surface area contributed by atoms with E-state index in [4.69, 9.17) is 19.2 Å². The minimum absolute atomic E-state index is 0.0276. The Morgan fingerprint density at radius 2 is 1.78 bits per heavy atom. The fourth-order valence-electron chi connectivity index (χ4n) is 5.83. The lowest BCUT2D eigenvalue weighted by molar-refractivity contribution is -0.160. The van der Waals surface area contributed by atoms with E-state index in [0.717, 1.165) is 52.3 Å². The summed E-state index contributed by atoms with van der Waals surface area (Å²) in [5.74, 6) is 1.39. The van der Waals surface area contributed by atoms with Gasteiger partial charge in [-0.15, -0.1) is 11.3 Å². The summed E-state index contributed by atoms with van der Waals surface area (Å²) in [5, 5.41) is 3.88. The number of amides is 1. The van der Waals surface area contributed by atoms with E-state index in [1.807, 2.05) is 57.2 Å². The van der Waals surface area contributed by atoms with E-state index in [1.165, 1.54) is 11.3 Å². The molecular weight excluding hydrogens is 538 g/mol. The fraction of sp³-hybridized carbons (Fsp3) is 0.531. The molecule has 2 aromatic carbocycles. The van der Waals surface area contributed by atoms with Crippen molar-refractivity contribution in [3.63, 3.8) is 0 Å². The topological polar surface area (TPSA) is 90.0 Å². The van der Waals surface area contributed by atoms with Crippen LogP contribution in [0.25, 0.3) is 10.2 Å². The lowest BCUT2D eigenvalue weighted by Gasteiger charge is -2.29. The Bertz CT molecular complexity index is 1380. The summed E-state index contributed by atoms with van der Waals surface area (Å²) in [4.78, 5) is 33.8. The zero-order valence-electron chi connectivity index (χ0n) is 24.7. The van der Waals surface area contributed by atoms with Gasteiger partial charge in [-0.3, -0.25) is 9.59 Å². The lowest BCUT2D eigenvalue weighted by atomic mass is 9.80. The van der Waals surface area contributed by atoms with Gasteiger partial charge in [0, 0.05) is 12.1 Å². The number of rotatable bonds is 9. The Labute approximate surface area is 246 Å². The molecule has 1 aliphatic carbocycles. The third kappa shape index (κ3) is 7.01. The molecule has 0 saturated carbocycles. The normalized spacial score (nSPS) is 17.3. The largest absolute Gasteiger partial charge is 0.493 e. The first-order valence-electron chi connectivity index (χ1n) is 14.4. The summed E-state index contributed by atoms with van der Waals surface area (Å²) in [5.41, 5.74) is 1.52. The van der Waals surface area contributed by atoms with E-state index in [-0.39, 0.29) is 24.8 Å². The van der Waals surface area contributed by atoms with Crippen LogP contribution in [0.1, 0.15) is 56.2 Å². The summed E-state index contributed by atoms with van der Waals surface area (Å²) >= 11 is 1.52. The Balaban J connectivity index is 1.28. The quantitative estimate of drug-likeness (QED) is 0.350. The highest BCUT2D eigenvalue weighted by Gasteiger charge is 2.46. The van der Waals surface area contributed by atoms with Gasteiger partial charge in [0.1, 0.15) is 10.6 Å². The van der Waals surface area contributed by atoms with Crippen LogP contribution in [0.15, 0.2) is 36.4 Å². The molecule has 1 amide bonds. The number of esters is 1. The molecule has 8 nitrogen and oxygen atoms in total. The number of ether oxygens (including phenoxy) is 3. The highest BCUT2D eigenvalue weighted by Crippen LogP contribution is 2.41. The Morgan fingerprint density at radius 1 is 1.10 bits per heavy atom. The number of hydrogen-bond donors (Lipinski definition) is 1. The monoisotopic (exact) mass is 579 g/mol. The van der Waals surface area contributed by atoms with Crippen LogP contribution in [0.2, 0.25) is 0 Å². The highest BCUT2D eigenvalue weighted by atomic mass is 32.1. The van der Waals surface area contributed by atoms with Crippen LogP contribution in [0, 0.1) is 11.3 Å². The molecule has 1 aromatic heterocycles. The predicted octanol–water partition coefficient (Wildman–Crippen LogP) is 5.16. The maximum Gasteiger partial charge on any atom is 0.307 e. The Morgan fingerprint density at radius 3 is 2.41 bits per heavy atom. The lowest BCUT2D eigenvalue weighted by Crippen LogP contribution is -2.44. The van der Waals surface area contributed by atoms with E-state index < -0.39 is 11.0 Å². The smallest absolute Gasteiger partial charge is 0.307 e. The number of methoxy groups -OCH3 is 1. The maximum atomic E-state index is 13.8. The number of carbonyl (C=O) groups is 2. The van der Waals surface area contributed by atoms with E-state index in [1.54, 1.807) is 7.11 Å². The summed E-state index contributed by atoms with van der Waals surface area (Å²) < 4.78 is 18.4. The Hall–Kier alpha value is -3.17. The number of fused-ring (bicyclic) bond motifs is 2. The summed E-state index contributed by atoms with van der Waals surface area (Å²) in [6.07, 6.45) is 3.29. The van der Waals surface area contributed by atoms with Crippen molar-refractivity contribution < 1.29 is 23.8 Å². The number of carbonyl (C=O) groups excluding carboxylic acids is 2. The molecule has 0 unspecified atom stereocenters. The average Bonchev–Trinajstić information content (AvgIpc) is 3.50. The fourth-order valence-corrected chi connectivity index (χ4v) is 6.74. The molecular formula is C32H41N3O5S. The van der Waals surface area contributed by atoms with Gasteiger partial charge < -0.3 is 24.4 Å². The molecule has 3 aromatic rings. The zero-order valence-corrected chi connectivity index (χ0v) is 25.6. The standard InChI is InChI=1S/C32H41N3O5S/c1-31(2,3)40-29(36)18-32(16-22-8-6-7-9-23(22)17-32)30(37)33-19-28-34-24-14-26(25(38-5)15-27(24)41-28)39-20-21-10-12-35(4)13-11-21/h6-9,14-15,21H,10-13,16-20H2,1-5H3,(H,33,37). The first-order valence-corrected chi connectivity index (χ1v) is 15.2. The van der Waals surface area contributed by atoms with Gasteiger partial charge in [-0.25, -0.2) is 4.98 Å². The van der Waals surface area contributed by atoms with Gasteiger partial charge in [-0.2, -0.15) is 0 Å². The van der Waals surface area contributed by atoms with Gasteiger partial charge in [0.2, 0.25) is 5.91 Å². The van der Waals surface area contributed by atoms with Crippen molar-refractivity contribution in [2.24, 2.45) is 11.3 Å². The number of piperidine rings is 1. The van der Waals surface area contributed by atoms with Crippen LogP contribution in [0.5, 0.6) is 11.5 Å². The zero-order chi connectivity index (χ0) is 29.2. The number of aromatic nitrogens is 1. The number of hydrogen-bond acceptors (Lipinski definition) is 8. The van der Waals surface area contributed by atoms with Crippen molar-refractivity contribution in [3.8, 4) is 11.5 Å². The van der Waals surface area contributed by atoms with Crippen molar-refractivity contribution >= 4 is 33.4 Å². The van der Waals surface area contributed by atoms with Gasteiger partial charge in [0.15, 0.2) is 11.5 Å². The number of nitrogens with zero attached hydrogens (tertiary/aromatic N) is 2. The molecule has 9 heteroatoms. The molecule has 0 bridgehead atoms. The molecule has 1 saturated heterocycles. The highest BCUT2D eigenvalue weighted by molar-refractivity contribution is 7.18. The van der Waals surface area contributed by atoms with Gasteiger partial charge >= 0.3 is 5.97 Å². The Kier molecular flexibility index (Phi) is 8.57. The molecule has 2 aliphatic rings. The second-order valence-corrected chi connectivity index (χ2v) is 13.6. The van der Waals surface area contributed by atoms with Crippen molar-refractivity contribution in [3.05, 3.63) is 52.5 Å². The van der Waals surface area contributed by atoms with E-state index >= 15 is 0 Å². The number of benzene rings is 2. The molecule has 1 aliphatic heterocycles. The summed E-state index contributed by atoms with van der Waals surface area (Å²) in [6.45, 7) is 8.65. The minimum atomic E-state index is -0.888. The predicted molar refractivity (Wildman–Crippen MR) is 160 cm³/mol. The van der Waals surface area contributed by atoms with Crippen LogP contribution >= 0.6 is 11.3 Å². The second kappa shape index (κ2) is 12.0.